The van der Waals surface area contributed by atoms with E-state index in [-0.39, 0.29) is 29.2 Å². The zero-order valence-electron chi connectivity index (χ0n) is 20.3. The summed E-state index contributed by atoms with van der Waals surface area (Å²) in [5, 5.41) is 13.6. The monoisotopic (exact) mass is 494 g/mol. The molecule has 0 aliphatic heterocycles. The molecular formula is C26H26F2N5O3+. The van der Waals surface area contributed by atoms with Crippen molar-refractivity contribution in [3.05, 3.63) is 77.5 Å². The number of amides is 1. The Hall–Kier alpha value is -4.34. The summed E-state index contributed by atoms with van der Waals surface area (Å²) in [5.74, 6) is -2.84. The minimum atomic E-state index is -3.01. The van der Waals surface area contributed by atoms with Gasteiger partial charge in [-0.2, -0.15) is 0 Å². The summed E-state index contributed by atoms with van der Waals surface area (Å²) < 4.78 is 34.5. The highest BCUT2D eigenvalue weighted by atomic mass is 19.3. The molecule has 0 saturated carbocycles. The van der Waals surface area contributed by atoms with E-state index in [1.165, 1.54) is 31.2 Å². The second-order valence-electron chi connectivity index (χ2n) is 8.26. The number of hydrogen-bond acceptors (Lipinski definition) is 5. The number of benzene rings is 2. The first-order valence-electron chi connectivity index (χ1n) is 11.3. The first-order valence-corrected chi connectivity index (χ1v) is 11.3. The van der Waals surface area contributed by atoms with Crippen LogP contribution < -0.4 is 14.8 Å². The molecule has 0 radical (unpaired) electrons. The lowest BCUT2D eigenvalue weighted by Gasteiger charge is -2.15. The van der Waals surface area contributed by atoms with Crippen LogP contribution in [0.5, 0.6) is 5.75 Å². The third-order valence-electron chi connectivity index (χ3n) is 6.01. The van der Waals surface area contributed by atoms with Crippen LogP contribution >= 0.6 is 0 Å². The van der Waals surface area contributed by atoms with Crippen LogP contribution in [0.1, 0.15) is 40.7 Å². The third kappa shape index (κ3) is 4.49. The minimum Gasteiger partial charge on any atom is -0.496 e. The van der Waals surface area contributed by atoms with E-state index in [1.807, 2.05) is 6.92 Å². The van der Waals surface area contributed by atoms with Crippen molar-refractivity contribution < 1.29 is 28.2 Å². The highest BCUT2D eigenvalue weighted by Crippen LogP contribution is 2.37. The number of ether oxygens (including phenoxy) is 1. The van der Waals surface area contributed by atoms with Crippen molar-refractivity contribution in [2.75, 3.05) is 12.4 Å². The summed E-state index contributed by atoms with van der Waals surface area (Å²) in [5.41, 5.74) is 2.93. The molecule has 2 heterocycles. The predicted octanol–water partition coefficient (Wildman–Crippen LogP) is 5.04. The smallest absolute Gasteiger partial charge is 0.327 e. The molecule has 36 heavy (non-hydrogen) atoms. The number of anilines is 1. The number of halogens is 2. The fourth-order valence-electron chi connectivity index (χ4n) is 4.09. The van der Waals surface area contributed by atoms with E-state index < -0.39 is 11.8 Å². The largest absolute Gasteiger partial charge is 0.496 e. The Morgan fingerprint density at radius 2 is 2.00 bits per heavy atom. The molecule has 0 aliphatic carbocycles. The molecule has 0 spiro atoms. The van der Waals surface area contributed by atoms with Gasteiger partial charge in [-0.1, -0.05) is 19.1 Å². The molecular weight excluding hydrogens is 468 g/mol. The topological polar surface area (TPSA) is 104 Å². The quantitative estimate of drug-likeness (QED) is 0.247. The summed E-state index contributed by atoms with van der Waals surface area (Å²) in [6, 6.07) is 8.99. The standard InChI is InChI=1S/C26H25F2N5O3/c1-5-26(27,28)17-7-6-8-18(13-17)32-25(34)23-16(3)31-24(33(23)35)19-9-10-21(36-4)22(15(19)2)20-14-29-11-12-30-20/h6-14,35H,5H2,1-4H3,(H,32,34)/p+1. The molecule has 2 aromatic carbocycles. The lowest BCUT2D eigenvalue weighted by atomic mass is 9.98. The Bertz CT molecular complexity index is 1420. The Morgan fingerprint density at radius 3 is 2.67 bits per heavy atom. The van der Waals surface area contributed by atoms with Crippen LogP contribution in [0.15, 0.2) is 55.0 Å². The Morgan fingerprint density at radius 1 is 1.22 bits per heavy atom. The number of aromatic amines is 1. The molecule has 0 saturated heterocycles. The van der Waals surface area contributed by atoms with E-state index in [2.05, 4.69) is 20.3 Å². The van der Waals surface area contributed by atoms with Gasteiger partial charge in [0.2, 0.25) is 0 Å². The Labute approximate surface area is 206 Å². The van der Waals surface area contributed by atoms with Crippen LogP contribution in [-0.4, -0.2) is 33.2 Å². The SMILES string of the molecule is CCC(F)(F)c1cccc(NC(=O)c2c(C)[nH]c(-c3ccc(OC)c(-c4cnccn4)c3C)[n+]2O)c1. The van der Waals surface area contributed by atoms with Gasteiger partial charge in [0, 0.05) is 42.6 Å². The maximum Gasteiger partial charge on any atom is 0.327 e. The molecule has 10 heteroatoms. The van der Waals surface area contributed by atoms with Crippen molar-refractivity contribution in [1.82, 2.24) is 15.0 Å². The Balaban J connectivity index is 1.72. The second-order valence-corrected chi connectivity index (χ2v) is 8.26. The highest BCUT2D eigenvalue weighted by molar-refractivity contribution is 6.02. The van der Waals surface area contributed by atoms with Gasteiger partial charge >= 0.3 is 11.7 Å². The molecule has 2 aromatic heterocycles. The number of rotatable bonds is 7. The van der Waals surface area contributed by atoms with Crippen molar-refractivity contribution in [1.29, 1.82) is 0 Å². The van der Waals surface area contributed by atoms with E-state index in [0.29, 0.717) is 28.3 Å². The third-order valence-corrected chi connectivity index (χ3v) is 6.01. The molecule has 1 amide bonds. The number of alkyl halides is 2. The van der Waals surface area contributed by atoms with E-state index in [9.17, 15) is 18.8 Å². The zero-order chi connectivity index (χ0) is 26.0. The maximum absolute atomic E-state index is 14.1. The predicted molar refractivity (Wildman–Crippen MR) is 129 cm³/mol. The average Bonchev–Trinajstić information content (AvgIpc) is 3.17. The number of H-pyrrole nitrogens is 1. The first kappa shape index (κ1) is 24.8. The number of aryl methyl sites for hydroxylation is 1. The van der Waals surface area contributed by atoms with Crippen LogP contribution in [0.3, 0.4) is 0 Å². The maximum atomic E-state index is 14.1. The second kappa shape index (κ2) is 9.73. The van der Waals surface area contributed by atoms with Crippen LogP contribution in [0.25, 0.3) is 22.6 Å². The van der Waals surface area contributed by atoms with Crippen molar-refractivity contribution in [2.45, 2.75) is 33.1 Å². The molecule has 8 nitrogen and oxygen atoms in total. The fraction of sp³-hybridized carbons (Fsp3) is 0.231. The van der Waals surface area contributed by atoms with E-state index in [1.54, 1.807) is 44.8 Å². The van der Waals surface area contributed by atoms with Gasteiger partial charge in [-0.3, -0.25) is 14.8 Å². The summed E-state index contributed by atoms with van der Waals surface area (Å²) in [7, 11) is 1.55. The number of nitrogens with one attached hydrogen (secondary N) is 2. The summed E-state index contributed by atoms with van der Waals surface area (Å²) in [6.07, 6.45) is 4.38. The lowest BCUT2D eigenvalue weighted by Crippen LogP contribution is -2.39. The number of imidazole rings is 1. The highest BCUT2D eigenvalue weighted by Gasteiger charge is 2.32. The van der Waals surface area contributed by atoms with Crippen LogP contribution in [0, 0.1) is 13.8 Å². The molecule has 0 atom stereocenters. The molecule has 4 rings (SSSR count). The van der Waals surface area contributed by atoms with E-state index >= 15 is 0 Å². The average molecular weight is 495 g/mol. The number of carbonyl (C=O) groups is 1. The van der Waals surface area contributed by atoms with Crippen molar-refractivity contribution in [3.63, 3.8) is 0 Å². The van der Waals surface area contributed by atoms with Crippen molar-refractivity contribution in [2.24, 2.45) is 0 Å². The zero-order valence-corrected chi connectivity index (χ0v) is 20.3. The number of hydrogen-bond donors (Lipinski definition) is 3. The fourth-order valence-corrected chi connectivity index (χ4v) is 4.09. The lowest BCUT2D eigenvalue weighted by molar-refractivity contribution is -0.896. The first-order chi connectivity index (χ1) is 17.2. The van der Waals surface area contributed by atoms with Crippen LogP contribution in [-0.2, 0) is 5.92 Å². The van der Waals surface area contributed by atoms with Crippen molar-refractivity contribution >= 4 is 11.6 Å². The van der Waals surface area contributed by atoms with Gasteiger partial charge < -0.3 is 15.3 Å². The molecule has 0 unspecified atom stereocenters. The van der Waals surface area contributed by atoms with Crippen LogP contribution in [0.2, 0.25) is 0 Å². The number of aromatic nitrogens is 4. The van der Waals surface area contributed by atoms with Gasteiger partial charge in [0.15, 0.2) is 5.69 Å². The molecule has 0 fully saturated rings. The Kier molecular flexibility index (Phi) is 6.69. The summed E-state index contributed by atoms with van der Waals surface area (Å²) in [6.45, 7) is 4.87. The number of nitrogens with zero attached hydrogens (tertiary/aromatic N) is 3. The molecule has 3 N–H and O–H groups in total. The van der Waals surface area contributed by atoms with E-state index in [0.717, 1.165) is 10.3 Å². The molecule has 0 bridgehead atoms. The van der Waals surface area contributed by atoms with Gasteiger partial charge in [0.1, 0.15) is 5.75 Å². The van der Waals surface area contributed by atoms with Crippen LogP contribution in [0.4, 0.5) is 14.5 Å². The van der Waals surface area contributed by atoms with Gasteiger partial charge in [0.05, 0.1) is 24.6 Å². The van der Waals surface area contributed by atoms with Gasteiger partial charge in [-0.25, -0.2) is 13.8 Å². The number of carbonyl (C=O) groups excluding carboxylic acids is 1. The number of methoxy groups -OCH3 is 1. The van der Waals surface area contributed by atoms with Gasteiger partial charge in [-0.15, -0.1) is 0 Å². The van der Waals surface area contributed by atoms with E-state index in [4.69, 9.17) is 4.74 Å². The molecule has 4 aromatic rings. The summed E-state index contributed by atoms with van der Waals surface area (Å²) >= 11 is 0. The van der Waals surface area contributed by atoms with Gasteiger partial charge in [-0.05, 0) is 41.5 Å². The van der Waals surface area contributed by atoms with Gasteiger partial charge in [0.25, 0.3) is 11.6 Å². The minimum absolute atomic E-state index is 0.0612. The normalized spacial score (nSPS) is 11.4. The molecule has 0 aliphatic rings. The molecule has 186 valence electrons. The summed E-state index contributed by atoms with van der Waals surface area (Å²) in [4.78, 5) is 24.6. The van der Waals surface area contributed by atoms with Crippen molar-refractivity contribution in [3.8, 4) is 28.4 Å².